The zero-order chi connectivity index (χ0) is 10.6. The Morgan fingerprint density at radius 1 is 1.57 bits per heavy atom. The van der Waals surface area contributed by atoms with Gasteiger partial charge in [0.15, 0.2) is 0 Å². The van der Waals surface area contributed by atoms with Crippen LogP contribution in [0, 0.1) is 0 Å². The fraction of sp³-hybridized carbons (Fsp3) is 0.727. The normalized spacial score (nSPS) is 21.3. The number of hydrogen-bond donors (Lipinski definition) is 0. The van der Waals surface area contributed by atoms with Crippen LogP contribution in [0.3, 0.4) is 0 Å². The molecule has 0 saturated heterocycles. The first-order valence-corrected chi connectivity index (χ1v) is 5.20. The highest BCUT2D eigenvalue weighted by atomic mass is 16.7. The minimum Gasteiger partial charge on any atom is -0.428 e. The summed E-state index contributed by atoms with van der Waals surface area (Å²) < 4.78 is 10.5. The van der Waals surface area contributed by atoms with E-state index in [0.29, 0.717) is 0 Å². The maximum Gasteiger partial charge on any atom is 0.333 e. The van der Waals surface area contributed by atoms with E-state index in [2.05, 4.69) is 6.92 Å². The maximum absolute atomic E-state index is 11.0. The Hall–Kier alpha value is -0.830. The van der Waals surface area contributed by atoms with Crippen LogP contribution < -0.4 is 0 Å². The van der Waals surface area contributed by atoms with Crippen LogP contribution in [0.2, 0.25) is 0 Å². The van der Waals surface area contributed by atoms with Crippen LogP contribution in [0.5, 0.6) is 0 Å². The van der Waals surface area contributed by atoms with Gasteiger partial charge in [-0.15, -0.1) is 0 Å². The Labute approximate surface area is 85.1 Å². The summed E-state index contributed by atoms with van der Waals surface area (Å²) in [6.07, 6.45) is 4.27. The van der Waals surface area contributed by atoms with E-state index in [0.717, 1.165) is 24.8 Å². The molecule has 14 heavy (non-hydrogen) atoms. The van der Waals surface area contributed by atoms with Gasteiger partial charge in [-0.3, -0.25) is 0 Å². The zero-order valence-electron chi connectivity index (χ0n) is 9.08. The van der Waals surface area contributed by atoms with Gasteiger partial charge in [0, 0.05) is 11.6 Å². The van der Waals surface area contributed by atoms with Crippen molar-refractivity contribution in [3.63, 3.8) is 0 Å². The average Bonchev–Trinajstić information content (AvgIpc) is 2.41. The van der Waals surface area contributed by atoms with E-state index in [1.807, 2.05) is 13.8 Å². The van der Waals surface area contributed by atoms with Gasteiger partial charge in [-0.05, 0) is 26.7 Å². The summed E-state index contributed by atoms with van der Waals surface area (Å²) in [6.45, 7) is 5.99. The van der Waals surface area contributed by atoms with Crippen molar-refractivity contribution in [3.05, 3.63) is 11.6 Å². The lowest BCUT2D eigenvalue weighted by atomic mass is 10.1. The summed E-state index contributed by atoms with van der Waals surface area (Å²) in [5.74, 6) is -0.276. The van der Waals surface area contributed by atoms with E-state index in [4.69, 9.17) is 9.47 Å². The second-order valence-corrected chi connectivity index (χ2v) is 3.78. The summed E-state index contributed by atoms with van der Waals surface area (Å²) in [4.78, 5) is 11.0. The Bertz CT molecular complexity index is 231. The Kier molecular flexibility index (Phi) is 4.14. The van der Waals surface area contributed by atoms with Crippen LogP contribution >= 0.6 is 0 Å². The number of hydrogen-bond acceptors (Lipinski definition) is 3. The average molecular weight is 198 g/mol. The topological polar surface area (TPSA) is 35.5 Å². The van der Waals surface area contributed by atoms with Crippen LogP contribution in [-0.4, -0.2) is 18.4 Å². The van der Waals surface area contributed by atoms with Crippen LogP contribution in [0.1, 0.15) is 40.0 Å². The van der Waals surface area contributed by atoms with Gasteiger partial charge in [-0.2, -0.15) is 0 Å². The van der Waals surface area contributed by atoms with Gasteiger partial charge in [0.2, 0.25) is 6.29 Å². The second-order valence-electron chi connectivity index (χ2n) is 3.78. The minimum atomic E-state index is -0.436. The zero-order valence-corrected chi connectivity index (χ0v) is 9.08. The lowest BCUT2D eigenvalue weighted by Crippen LogP contribution is -2.20. The molecule has 1 aliphatic heterocycles. The number of cyclic esters (lactones) is 1. The van der Waals surface area contributed by atoms with Gasteiger partial charge in [0.1, 0.15) is 0 Å². The van der Waals surface area contributed by atoms with Crippen LogP contribution in [0.4, 0.5) is 0 Å². The SMILES string of the molecule is CCCCC1=CC(=O)OC1OC(C)C. The maximum atomic E-state index is 11.0. The highest BCUT2D eigenvalue weighted by Gasteiger charge is 2.26. The monoisotopic (exact) mass is 198 g/mol. The van der Waals surface area contributed by atoms with Gasteiger partial charge in [0.05, 0.1) is 6.10 Å². The highest BCUT2D eigenvalue weighted by molar-refractivity contribution is 5.85. The number of carbonyl (C=O) groups is 1. The molecule has 0 amide bonds. The van der Waals surface area contributed by atoms with E-state index in [1.165, 1.54) is 0 Å². The van der Waals surface area contributed by atoms with E-state index in [1.54, 1.807) is 6.08 Å². The fourth-order valence-electron chi connectivity index (χ4n) is 1.37. The molecule has 80 valence electrons. The van der Waals surface area contributed by atoms with Crippen molar-refractivity contribution in [2.75, 3.05) is 0 Å². The van der Waals surface area contributed by atoms with Gasteiger partial charge in [0.25, 0.3) is 0 Å². The Morgan fingerprint density at radius 2 is 2.29 bits per heavy atom. The molecule has 0 saturated carbocycles. The van der Waals surface area contributed by atoms with Crippen molar-refractivity contribution < 1.29 is 14.3 Å². The number of ether oxygens (including phenoxy) is 2. The lowest BCUT2D eigenvalue weighted by Gasteiger charge is -2.17. The first-order valence-electron chi connectivity index (χ1n) is 5.20. The van der Waals surface area contributed by atoms with E-state index in [-0.39, 0.29) is 12.1 Å². The van der Waals surface area contributed by atoms with Gasteiger partial charge in [-0.25, -0.2) is 4.79 Å². The van der Waals surface area contributed by atoms with Crippen molar-refractivity contribution in [1.29, 1.82) is 0 Å². The molecule has 1 unspecified atom stereocenters. The quantitative estimate of drug-likeness (QED) is 0.636. The third kappa shape index (κ3) is 3.14. The largest absolute Gasteiger partial charge is 0.428 e. The Balaban J connectivity index is 2.50. The molecular weight excluding hydrogens is 180 g/mol. The lowest BCUT2D eigenvalue weighted by molar-refractivity contribution is -0.165. The van der Waals surface area contributed by atoms with Crippen molar-refractivity contribution in [1.82, 2.24) is 0 Å². The molecule has 1 aliphatic rings. The van der Waals surface area contributed by atoms with Crippen LogP contribution in [0.25, 0.3) is 0 Å². The summed E-state index contributed by atoms with van der Waals surface area (Å²) in [5, 5.41) is 0. The molecule has 0 fully saturated rings. The molecular formula is C11H18O3. The molecule has 1 rings (SSSR count). The van der Waals surface area contributed by atoms with E-state index in [9.17, 15) is 4.79 Å². The molecule has 0 aromatic carbocycles. The first-order chi connectivity index (χ1) is 6.63. The standard InChI is InChI=1S/C11H18O3/c1-4-5-6-9-7-10(12)14-11(9)13-8(2)3/h7-8,11H,4-6H2,1-3H3. The summed E-state index contributed by atoms with van der Waals surface area (Å²) in [7, 11) is 0. The summed E-state index contributed by atoms with van der Waals surface area (Å²) in [6, 6.07) is 0. The van der Waals surface area contributed by atoms with Crippen LogP contribution in [-0.2, 0) is 14.3 Å². The Morgan fingerprint density at radius 3 is 2.86 bits per heavy atom. The molecule has 3 nitrogen and oxygen atoms in total. The number of carbonyl (C=O) groups excluding carboxylic acids is 1. The minimum absolute atomic E-state index is 0.0796. The van der Waals surface area contributed by atoms with Crippen molar-refractivity contribution in [3.8, 4) is 0 Å². The smallest absolute Gasteiger partial charge is 0.333 e. The van der Waals surface area contributed by atoms with Crippen LogP contribution in [0.15, 0.2) is 11.6 Å². The number of unbranched alkanes of at least 4 members (excludes halogenated alkanes) is 1. The first kappa shape index (κ1) is 11.2. The molecule has 1 atom stereocenters. The number of rotatable bonds is 5. The van der Waals surface area contributed by atoms with Crippen molar-refractivity contribution in [2.45, 2.75) is 52.4 Å². The molecule has 0 spiro atoms. The molecule has 0 aliphatic carbocycles. The highest BCUT2D eigenvalue weighted by Crippen LogP contribution is 2.23. The molecule has 0 aromatic rings. The van der Waals surface area contributed by atoms with Gasteiger partial charge >= 0.3 is 5.97 Å². The fourth-order valence-corrected chi connectivity index (χ4v) is 1.37. The second kappa shape index (κ2) is 5.15. The van der Waals surface area contributed by atoms with E-state index >= 15 is 0 Å². The predicted molar refractivity (Wildman–Crippen MR) is 53.7 cm³/mol. The number of esters is 1. The third-order valence-corrected chi connectivity index (χ3v) is 2.04. The van der Waals surface area contributed by atoms with Gasteiger partial charge in [-0.1, -0.05) is 13.3 Å². The summed E-state index contributed by atoms with van der Waals surface area (Å²) in [5.41, 5.74) is 0.977. The molecule has 0 bridgehead atoms. The van der Waals surface area contributed by atoms with Crippen molar-refractivity contribution in [2.24, 2.45) is 0 Å². The van der Waals surface area contributed by atoms with Gasteiger partial charge < -0.3 is 9.47 Å². The molecule has 1 heterocycles. The van der Waals surface area contributed by atoms with E-state index < -0.39 is 6.29 Å². The predicted octanol–water partition coefficient (Wildman–Crippen LogP) is 2.41. The third-order valence-electron chi connectivity index (χ3n) is 2.04. The molecule has 0 aromatic heterocycles. The summed E-state index contributed by atoms with van der Waals surface area (Å²) >= 11 is 0. The molecule has 0 radical (unpaired) electrons. The van der Waals surface area contributed by atoms with Crippen molar-refractivity contribution >= 4 is 5.97 Å². The molecule has 0 N–H and O–H groups in total. The molecule has 3 heteroatoms.